The average Bonchev–Trinajstić information content (AvgIpc) is 2.58. The maximum Gasteiger partial charge on any atom is 0.330 e. The molecule has 1 atom stereocenters. The van der Waals surface area contributed by atoms with Gasteiger partial charge in [0.25, 0.3) is 0 Å². The third-order valence-electron chi connectivity index (χ3n) is 4.19. The van der Waals surface area contributed by atoms with Gasteiger partial charge in [0, 0.05) is 6.42 Å². The van der Waals surface area contributed by atoms with E-state index in [1.54, 1.807) is 24.3 Å². The molecule has 0 aliphatic heterocycles. The molecule has 134 valence electrons. The highest BCUT2D eigenvalue weighted by atomic mass is 16.4. The molecule has 0 saturated heterocycles. The first-order valence-corrected chi connectivity index (χ1v) is 9.22. The Morgan fingerprint density at radius 1 is 0.917 bits per heavy atom. The van der Waals surface area contributed by atoms with Gasteiger partial charge in [-0.3, -0.25) is 4.79 Å². The highest BCUT2D eigenvalue weighted by molar-refractivity contribution is 5.84. The van der Waals surface area contributed by atoms with Crippen LogP contribution in [0.4, 0.5) is 0 Å². The molecule has 1 aromatic rings. The number of carboxylic acids is 1. The lowest BCUT2D eigenvalue weighted by Gasteiger charge is -2.14. The summed E-state index contributed by atoms with van der Waals surface area (Å²) >= 11 is 0. The predicted octanol–water partition coefficient (Wildman–Crippen LogP) is 4.85. The third kappa shape index (κ3) is 8.70. The van der Waals surface area contributed by atoms with Crippen molar-refractivity contribution >= 4 is 11.9 Å². The zero-order valence-corrected chi connectivity index (χ0v) is 14.8. The number of carbonyl (C=O) groups excluding carboxylic acids is 1. The van der Waals surface area contributed by atoms with E-state index in [1.807, 2.05) is 6.07 Å². The molecular formula is C20H31NO3. The molecule has 4 nitrogen and oxygen atoms in total. The molecular weight excluding hydrogens is 302 g/mol. The standard InChI is InChI=1S/C20H31NO3/c1-2-3-4-5-6-7-8-9-13-16-18(22)21-19(20(23)24)17-14-11-10-12-15-17/h10-12,14-15,19H,2-9,13,16H2,1H3,(H,21,22)(H,23,24). The van der Waals surface area contributed by atoms with Crippen LogP contribution in [0.2, 0.25) is 0 Å². The molecule has 0 aromatic heterocycles. The first-order valence-electron chi connectivity index (χ1n) is 9.22. The second-order valence-corrected chi connectivity index (χ2v) is 6.33. The molecule has 0 fully saturated rings. The van der Waals surface area contributed by atoms with Crippen molar-refractivity contribution in [2.45, 2.75) is 77.2 Å². The van der Waals surface area contributed by atoms with Gasteiger partial charge < -0.3 is 10.4 Å². The fourth-order valence-electron chi connectivity index (χ4n) is 2.76. The van der Waals surface area contributed by atoms with E-state index in [4.69, 9.17) is 0 Å². The Morgan fingerprint density at radius 3 is 2.00 bits per heavy atom. The van der Waals surface area contributed by atoms with E-state index in [0.29, 0.717) is 12.0 Å². The molecule has 0 saturated carbocycles. The van der Waals surface area contributed by atoms with Gasteiger partial charge in [-0.05, 0) is 12.0 Å². The molecule has 1 unspecified atom stereocenters. The number of benzene rings is 1. The summed E-state index contributed by atoms with van der Waals surface area (Å²) in [6, 6.07) is 7.86. The van der Waals surface area contributed by atoms with Crippen LogP contribution >= 0.6 is 0 Å². The van der Waals surface area contributed by atoms with Crippen LogP contribution < -0.4 is 5.32 Å². The summed E-state index contributed by atoms with van der Waals surface area (Å²) in [4.78, 5) is 23.3. The average molecular weight is 333 g/mol. The van der Waals surface area contributed by atoms with E-state index >= 15 is 0 Å². The van der Waals surface area contributed by atoms with Gasteiger partial charge in [-0.15, -0.1) is 0 Å². The van der Waals surface area contributed by atoms with E-state index in [-0.39, 0.29) is 5.91 Å². The van der Waals surface area contributed by atoms with Gasteiger partial charge in [0.15, 0.2) is 6.04 Å². The number of amides is 1. The van der Waals surface area contributed by atoms with Crippen LogP contribution in [-0.2, 0) is 9.59 Å². The van der Waals surface area contributed by atoms with Crippen LogP contribution in [-0.4, -0.2) is 17.0 Å². The minimum atomic E-state index is -1.03. The lowest BCUT2D eigenvalue weighted by atomic mass is 10.1. The van der Waals surface area contributed by atoms with Crippen molar-refractivity contribution < 1.29 is 14.7 Å². The van der Waals surface area contributed by atoms with Gasteiger partial charge >= 0.3 is 5.97 Å². The van der Waals surface area contributed by atoms with E-state index in [1.165, 1.54) is 38.5 Å². The molecule has 24 heavy (non-hydrogen) atoms. The van der Waals surface area contributed by atoms with E-state index in [2.05, 4.69) is 12.2 Å². The summed E-state index contributed by atoms with van der Waals surface area (Å²) in [7, 11) is 0. The fourth-order valence-corrected chi connectivity index (χ4v) is 2.76. The summed E-state index contributed by atoms with van der Waals surface area (Å²) in [5, 5.41) is 11.9. The van der Waals surface area contributed by atoms with Crippen molar-refractivity contribution in [1.82, 2.24) is 5.32 Å². The summed E-state index contributed by atoms with van der Waals surface area (Å²) in [6.45, 7) is 2.22. The number of aliphatic carboxylic acids is 1. The van der Waals surface area contributed by atoms with Crippen molar-refractivity contribution in [2.24, 2.45) is 0 Å². The zero-order valence-electron chi connectivity index (χ0n) is 14.8. The number of hydrogen-bond donors (Lipinski definition) is 2. The normalized spacial score (nSPS) is 11.9. The number of carbonyl (C=O) groups is 2. The SMILES string of the molecule is CCCCCCCCCCCC(=O)NC(C(=O)O)c1ccccc1. The molecule has 0 aliphatic rings. The molecule has 0 radical (unpaired) electrons. The van der Waals surface area contributed by atoms with Crippen LogP contribution in [0.15, 0.2) is 30.3 Å². The Labute approximate surface area is 145 Å². The second kappa shape index (κ2) is 12.6. The first kappa shape index (κ1) is 20.2. The Balaban J connectivity index is 2.17. The largest absolute Gasteiger partial charge is 0.479 e. The van der Waals surface area contributed by atoms with Gasteiger partial charge in [-0.1, -0.05) is 88.6 Å². The Kier molecular flexibility index (Phi) is 10.6. The van der Waals surface area contributed by atoms with Gasteiger partial charge in [0.2, 0.25) is 5.91 Å². The minimum Gasteiger partial charge on any atom is -0.479 e. The molecule has 1 amide bonds. The lowest BCUT2D eigenvalue weighted by molar-refractivity contribution is -0.142. The predicted molar refractivity (Wildman–Crippen MR) is 96.8 cm³/mol. The number of rotatable bonds is 13. The molecule has 4 heteroatoms. The maximum absolute atomic E-state index is 12.0. The monoisotopic (exact) mass is 333 g/mol. The van der Waals surface area contributed by atoms with Crippen molar-refractivity contribution in [3.63, 3.8) is 0 Å². The van der Waals surface area contributed by atoms with E-state index < -0.39 is 12.0 Å². The van der Waals surface area contributed by atoms with Crippen LogP contribution in [0.5, 0.6) is 0 Å². The summed E-state index contributed by atoms with van der Waals surface area (Å²) in [6.07, 6.45) is 11.1. The molecule has 1 aromatic carbocycles. The van der Waals surface area contributed by atoms with Crippen LogP contribution in [0.25, 0.3) is 0 Å². The van der Waals surface area contributed by atoms with Gasteiger partial charge in [-0.2, -0.15) is 0 Å². The topological polar surface area (TPSA) is 66.4 Å². The summed E-state index contributed by atoms with van der Waals surface area (Å²) in [5.74, 6) is -1.21. The molecule has 0 spiro atoms. The minimum absolute atomic E-state index is 0.186. The highest BCUT2D eigenvalue weighted by Gasteiger charge is 2.21. The van der Waals surface area contributed by atoms with Crippen molar-refractivity contribution in [2.75, 3.05) is 0 Å². The molecule has 1 rings (SSSR count). The lowest BCUT2D eigenvalue weighted by Crippen LogP contribution is -2.33. The zero-order chi connectivity index (χ0) is 17.6. The highest BCUT2D eigenvalue weighted by Crippen LogP contribution is 2.14. The maximum atomic E-state index is 12.0. The van der Waals surface area contributed by atoms with Crippen molar-refractivity contribution in [3.05, 3.63) is 35.9 Å². The van der Waals surface area contributed by atoms with Gasteiger partial charge in [-0.25, -0.2) is 4.79 Å². The fraction of sp³-hybridized carbons (Fsp3) is 0.600. The van der Waals surface area contributed by atoms with Crippen LogP contribution in [0.1, 0.15) is 82.7 Å². The number of nitrogens with one attached hydrogen (secondary N) is 1. The smallest absolute Gasteiger partial charge is 0.330 e. The molecule has 0 bridgehead atoms. The number of hydrogen-bond acceptors (Lipinski definition) is 2. The second-order valence-electron chi connectivity index (χ2n) is 6.33. The van der Waals surface area contributed by atoms with E-state index in [9.17, 15) is 14.7 Å². The van der Waals surface area contributed by atoms with Crippen molar-refractivity contribution in [3.8, 4) is 0 Å². The van der Waals surface area contributed by atoms with Gasteiger partial charge in [0.1, 0.15) is 0 Å². The van der Waals surface area contributed by atoms with Crippen LogP contribution in [0, 0.1) is 0 Å². The Hall–Kier alpha value is -1.84. The molecule has 0 aliphatic carbocycles. The summed E-state index contributed by atoms with van der Waals surface area (Å²) in [5.41, 5.74) is 0.602. The Morgan fingerprint density at radius 2 is 1.46 bits per heavy atom. The third-order valence-corrected chi connectivity index (χ3v) is 4.19. The van der Waals surface area contributed by atoms with Crippen molar-refractivity contribution in [1.29, 1.82) is 0 Å². The number of carboxylic acid groups (broad SMARTS) is 1. The molecule has 0 heterocycles. The summed E-state index contributed by atoms with van der Waals surface area (Å²) < 4.78 is 0. The Bertz CT molecular complexity index is 473. The number of unbranched alkanes of at least 4 members (excludes halogenated alkanes) is 8. The van der Waals surface area contributed by atoms with Gasteiger partial charge in [0.05, 0.1) is 0 Å². The first-order chi connectivity index (χ1) is 11.6. The quantitative estimate of drug-likeness (QED) is 0.507. The van der Waals surface area contributed by atoms with Crippen LogP contribution in [0.3, 0.4) is 0 Å². The molecule has 2 N–H and O–H groups in total. The van der Waals surface area contributed by atoms with E-state index in [0.717, 1.165) is 19.3 Å².